The molecule has 0 bridgehead atoms. The van der Waals surface area contributed by atoms with E-state index in [-0.39, 0.29) is 11.8 Å². The van der Waals surface area contributed by atoms with Crippen LogP contribution in [-0.4, -0.2) is 32.6 Å². The fourth-order valence-corrected chi connectivity index (χ4v) is 4.19. The molecule has 20 heavy (non-hydrogen) atoms. The Hall–Kier alpha value is -0.910. The van der Waals surface area contributed by atoms with E-state index in [1.807, 2.05) is 19.1 Å². The summed E-state index contributed by atoms with van der Waals surface area (Å²) < 4.78 is 28.7. The summed E-state index contributed by atoms with van der Waals surface area (Å²) in [5, 5.41) is 3.38. The standard InChI is InChI=1S/C15H23NO3S/c1-2-19-11-14-7-4-3-6-13(14)10-16-15-8-5-9-20(17,18)12-15/h3-4,6-7,15-16H,2,5,8-12H2,1H3. The van der Waals surface area contributed by atoms with Crippen LogP contribution in [-0.2, 0) is 27.7 Å². The Morgan fingerprint density at radius 3 is 2.75 bits per heavy atom. The van der Waals surface area contributed by atoms with E-state index < -0.39 is 9.84 Å². The zero-order chi connectivity index (χ0) is 14.4. The van der Waals surface area contributed by atoms with E-state index in [4.69, 9.17) is 4.74 Å². The third-order valence-electron chi connectivity index (χ3n) is 3.62. The molecular formula is C15H23NO3S. The minimum atomic E-state index is -2.85. The van der Waals surface area contributed by atoms with E-state index in [1.165, 1.54) is 11.1 Å². The van der Waals surface area contributed by atoms with Crippen molar-refractivity contribution in [2.45, 2.75) is 39.0 Å². The van der Waals surface area contributed by atoms with E-state index in [1.54, 1.807) is 0 Å². The van der Waals surface area contributed by atoms with Gasteiger partial charge in [-0.3, -0.25) is 0 Å². The van der Waals surface area contributed by atoms with Crippen molar-refractivity contribution in [2.24, 2.45) is 0 Å². The molecule has 1 unspecified atom stereocenters. The van der Waals surface area contributed by atoms with Gasteiger partial charge in [0, 0.05) is 19.2 Å². The van der Waals surface area contributed by atoms with Crippen LogP contribution in [0.4, 0.5) is 0 Å². The number of rotatable bonds is 6. The molecule has 0 spiro atoms. The molecule has 2 rings (SSSR count). The average Bonchev–Trinajstić information content (AvgIpc) is 2.43. The van der Waals surface area contributed by atoms with Gasteiger partial charge in [0.25, 0.3) is 0 Å². The average molecular weight is 297 g/mol. The van der Waals surface area contributed by atoms with Crippen LogP contribution in [0.15, 0.2) is 24.3 Å². The molecule has 0 aromatic heterocycles. The van der Waals surface area contributed by atoms with Gasteiger partial charge in [0.2, 0.25) is 0 Å². The van der Waals surface area contributed by atoms with Gasteiger partial charge in [0.05, 0.1) is 18.1 Å². The van der Waals surface area contributed by atoms with Crippen LogP contribution >= 0.6 is 0 Å². The number of sulfone groups is 1. The fourth-order valence-electron chi connectivity index (χ4n) is 2.52. The first kappa shape index (κ1) is 15.5. The Balaban J connectivity index is 1.93. The molecule has 0 radical (unpaired) electrons. The second kappa shape index (κ2) is 7.20. The van der Waals surface area contributed by atoms with Crippen molar-refractivity contribution < 1.29 is 13.2 Å². The van der Waals surface area contributed by atoms with Crippen molar-refractivity contribution in [3.05, 3.63) is 35.4 Å². The third-order valence-corrected chi connectivity index (χ3v) is 5.45. The molecule has 1 aromatic rings. The highest BCUT2D eigenvalue weighted by molar-refractivity contribution is 7.91. The van der Waals surface area contributed by atoms with E-state index in [0.29, 0.717) is 25.5 Å². The quantitative estimate of drug-likeness (QED) is 0.871. The molecule has 1 fully saturated rings. The molecule has 0 aliphatic carbocycles. The normalized spacial score (nSPS) is 21.8. The van der Waals surface area contributed by atoms with Crippen LogP contribution in [0.3, 0.4) is 0 Å². The molecule has 1 atom stereocenters. The Morgan fingerprint density at radius 2 is 2.05 bits per heavy atom. The van der Waals surface area contributed by atoms with Crippen LogP contribution in [0.1, 0.15) is 30.9 Å². The fraction of sp³-hybridized carbons (Fsp3) is 0.600. The van der Waals surface area contributed by atoms with Gasteiger partial charge in [0.15, 0.2) is 9.84 Å². The Bertz CT molecular complexity index is 528. The van der Waals surface area contributed by atoms with E-state index in [2.05, 4.69) is 17.4 Å². The maximum atomic E-state index is 11.6. The lowest BCUT2D eigenvalue weighted by Gasteiger charge is -2.23. The maximum Gasteiger partial charge on any atom is 0.151 e. The predicted molar refractivity (Wildman–Crippen MR) is 80.3 cm³/mol. The lowest BCUT2D eigenvalue weighted by molar-refractivity contribution is 0.133. The largest absolute Gasteiger partial charge is 0.377 e. The molecule has 1 N–H and O–H groups in total. The number of ether oxygens (including phenoxy) is 1. The Morgan fingerprint density at radius 1 is 1.30 bits per heavy atom. The van der Waals surface area contributed by atoms with Gasteiger partial charge in [-0.05, 0) is 30.9 Å². The molecule has 4 nitrogen and oxygen atoms in total. The number of hydrogen-bond donors (Lipinski definition) is 1. The zero-order valence-corrected chi connectivity index (χ0v) is 12.8. The van der Waals surface area contributed by atoms with Crippen molar-refractivity contribution >= 4 is 9.84 Å². The molecule has 1 aliphatic rings. The summed E-state index contributed by atoms with van der Waals surface area (Å²) in [6, 6.07) is 8.21. The topological polar surface area (TPSA) is 55.4 Å². The second-order valence-corrected chi connectivity index (χ2v) is 7.47. The van der Waals surface area contributed by atoms with Crippen LogP contribution < -0.4 is 5.32 Å². The van der Waals surface area contributed by atoms with Crippen LogP contribution in [0.25, 0.3) is 0 Å². The molecular weight excluding hydrogens is 274 g/mol. The van der Waals surface area contributed by atoms with Crippen molar-refractivity contribution in [2.75, 3.05) is 18.1 Å². The lowest BCUT2D eigenvalue weighted by Crippen LogP contribution is -2.39. The van der Waals surface area contributed by atoms with Crippen molar-refractivity contribution in [1.82, 2.24) is 5.32 Å². The van der Waals surface area contributed by atoms with Crippen molar-refractivity contribution in [3.63, 3.8) is 0 Å². The molecule has 112 valence electrons. The molecule has 0 amide bonds. The van der Waals surface area contributed by atoms with Gasteiger partial charge < -0.3 is 10.1 Å². The van der Waals surface area contributed by atoms with Gasteiger partial charge in [0.1, 0.15) is 0 Å². The SMILES string of the molecule is CCOCc1ccccc1CNC1CCCS(=O)(=O)C1. The summed E-state index contributed by atoms with van der Waals surface area (Å²) in [4.78, 5) is 0. The van der Waals surface area contributed by atoms with Crippen molar-refractivity contribution in [3.8, 4) is 0 Å². The molecule has 1 saturated heterocycles. The maximum absolute atomic E-state index is 11.6. The van der Waals surface area contributed by atoms with Crippen LogP contribution in [0.5, 0.6) is 0 Å². The minimum Gasteiger partial charge on any atom is -0.377 e. The summed E-state index contributed by atoms with van der Waals surface area (Å²) >= 11 is 0. The van der Waals surface area contributed by atoms with E-state index in [9.17, 15) is 8.42 Å². The van der Waals surface area contributed by atoms with Gasteiger partial charge in [-0.2, -0.15) is 0 Å². The first-order valence-electron chi connectivity index (χ1n) is 7.19. The Labute approximate surface area is 121 Å². The summed E-state index contributed by atoms with van der Waals surface area (Å²) in [5.74, 6) is 0.604. The number of hydrogen-bond acceptors (Lipinski definition) is 4. The zero-order valence-electron chi connectivity index (χ0n) is 12.0. The Kier molecular flexibility index (Phi) is 5.57. The van der Waals surface area contributed by atoms with Gasteiger partial charge in [-0.25, -0.2) is 8.42 Å². The highest BCUT2D eigenvalue weighted by Crippen LogP contribution is 2.14. The summed E-state index contributed by atoms with van der Waals surface area (Å²) in [5.41, 5.74) is 2.35. The van der Waals surface area contributed by atoms with Gasteiger partial charge in [-0.1, -0.05) is 24.3 Å². The van der Waals surface area contributed by atoms with Gasteiger partial charge >= 0.3 is 0 Å². The number of benzene rings is 1. The molecule has 1 aromatic carbocycles. The van der Waals surface area contributed by atoms with Crippen LogP contribution in [0, 0.1) is 0 Å². The predicted octanol–water partition coefficient (Wildman–Crippen LogP) is 1.89. The first-order valence-corrected chi connectivity index (χ1v) is 9.01. The molecule has 1 heterocycles. The highest BCUT2D eigenvalue weighted by atomic mass is 32.2. The lowest BCUT2D eigenvalue weighted by atomic mass is 10.1. The number of nitrogens with one attached hydrogen (secondary N) is 1. The van der Waals surface area contributed by atoms with E-state index >= 15 is 0 Å². The molecule has 1 aliphatic heterocycles. The summed E-state index contributed by atoms with van der Waals surface area (Å²) in [6.45, 7) is 3.98. The summed E-state index contributed by atoms with van der Waals surface area (Å²) in [7, 11) is -2.85. The molecule has 5 heteroatoms. The monoisotopic (exact) mass is 297 g/mol. The second-order valence-electron chi connectivity index (χ2n) is 5.24. The van der Waals surface area contributed by atoms with Gasteiger partial charge in [-0.15, -0.1) is 0 Å². The molecule has 0 saturated carbocycles. The third kappa shape index (κ3) is 4.58. The first-order chi connectivity index (χ1) is 9.61. The minimum absolute atomic E-state index is 0.0777. The van der Waals surface area contributed by atoms with Crippen LogP contribution in [0.2, 0.25) is 0 Å². The van der Waals surface area contributed by atoms with Crippen molar-refractivity contribution in [1.29, 1.82) is 0 Å². The highest BCUT2D eigenvalue weighted by Gasteiger charge is 2.24. The summed E-state index contributed by atoms with van der Waals surface area (Å²) in [6.07, 6.45) is 1.70. The van der Waals surface area contributed by atoms with E-state index in [0.717, 1.165) is 12.8 Å². The smallest absolute Gasteiger partial charge is 0.151 e.